The highest BCUT2D eigenvalue weighted by molar-refractivity contribution is 5.40. The zero-order valence-corrected chi connectivity index (χ0v) is 13.6. The largest absolute Gasteiger partial charge is 0.368 e. The molecule has 0 bridgehead atoms. The lowest BCUT2D eigenvalue weighted by Gasteiger charge is -2.41. The molecule has 2 heterocycles. The third kappa shape index (κ3) is 2.61. The van der Waals surface area contributed by atoms with Crippen molar-refractivity contribution in [2.45, 2.75) is 38.1 Å². The molecule has 1 aromatic carbocycles. The van der Waals surface area contributed by atoms with Crippen LogP contribution in [0.4, 0.5) is 0 Å². The van der Waals surface area contributed by atoms with Gasteiger partial charge in [0.15, 0.2) is 0 Å². The number of allylic oxidation sites excluding steroid dienone is 3. The first kappa shape index (κ1) is 14.1. The highest BCUT2D eigenvalue weighted by Crippen LogP contribution is 2.33. The van der Waals surface area contributed by atoms with E-state index in [2.05, 4.69) is 53.3 Å². The summed E-state index contributed by atoms with van der Waals surface area (Å²) in [6, 6.07) is 9.77. The van der Waals surface area contributed by atoms with Gasteiger partial charge in [0.25, 0.3) is 0 Å². The fraction of sp³-hybridized carbons (Fsp3) is 0.500. The second-order valence-corrected chi connectivity index (χ2v) is 7.01. The Balaban J connectivity index is 1.62. The number of aryl methyl sites for hydroxylation is 1. The van der Waals surface area contributed by atoms with Gasteiger partial charge in [-0.15, -0.1) is 0 Å². The van der Waals surface area contributed by atoms with Gasteiger partial charge in [-0.25, -0.2) is 0 Å². The molecular formula is C20H26N2. The maximum atomic E-state index is 2.73. The van der Waals surface area contributed by atoms with E-state index < -0.39 is 0 Å². The first-order valence-corrected chi connectivity index (χ1v) is 8.72. The molecular weight excluding hydrogens is 268 g/mol. The van der Waals surface area contributed by atoms with Crippen LogP contribution in [0.5, 0.6) is 0 Å². The van der Waals surface area contributed by atoms with Crippen LogP contribution >= 0.6 is 0 Å². The van der Waals surface area contributed by atoms with Crippen LogP contribution in [0.1, 0.15) is 30.4 Å². The lowest BCUT2D eigenvalue weighted by Crippen LogP contribution is -2.44. The topological polar surface area (TPSA) is 6.48 Å². The van der Waals surface area contributed by atoms with Crippen molar-refractivity contribution in [3.8, 4) is 0 Å². The van der Waals surface area contributed by atoms with Crippen LogP contribution in [0.3, 0.4) is 0 Å². The molecule has 1 aliphatic carbocycles. The molecule has 22 heavy (non-hydrogen) atoms. The summed E-state index contributed by atoms with van der Waals surface area (Å²) in [6.45, 7) is 3.59. The molecule has 0 spiro atoms. The first-order valence-electron chi connectivity index (χ1n) is 8.72. The summed E-state index contributed by atoms with van der Waals surface area (Å²) >= 11 is 0. The van der Waals surface area contributed by atoms with E-state index in [-0.39, 0.29) is 0 Å². The van der Waals surface area contributed by atoms with E-state index in [0.29, 0.717) is 0 Å². The number of nitrogens with zero attached hydrogens (tertiary/aromatic N) is 2. The predicted octanol–water partition coefficient (Wildman–Crippen LogP) is 3.40. The summed E-state index contributed by atoms with van der Waals surface area (Å²) in [5.41, 5.74) is 6.29. The molecule has 3 aliphatic rings. The van der Waals surface area contributed by atoms with Crippen molar-refractivity contribution in [3.63, 3.8) is 0 Å². The third-order valence-corrected chi connectivity index (χ3v) is 5.61. The van der Waals surface area contributed by atoms with Crippen LogP contribution in [0, 0.1) is 0 Å². The van der Waals surface area contributed by atoms with Crippen LogP contribution in [0.2, 0.25) is 0 Å². The fourth-order valence-corrected chi connectivity index (χ4v) is 4.24. The summed E-state index contributed by atoms with van der Waals surface area (Å²) in [6.07, 6.45) is 10.9. The molecule has 1 saturated heterocycles. The van der Waals surface area contributed by atoms with Gasteiger partial charge in [0.1, 0.15) is 0 Å². The van der Waals surface area contributed by atoms with E-state index >= 15 is 0 Å². The Kier molecular flexibility index (Phi) is 3.79. The monoisotopic (exact) mass is 294 g/mol. The Hall–Kier alpha value is -1.54. The van der Waals surface area contributed by atoms with Crippen LogP contribution in [-0.2, 0) is 12.8 Å². The number of rotatable bonds is 1. The Morgan fingerprint density at radius 2 is 1.77 bits per heavy atom. The smallest absolute Gasteiger partial charge is 0.0363 e. The molecule has 0 atom stereocenters. The second kappa shape index (κ2) is 5.92. The van der Waals surface area contributed by atoms with Gasteiger partial charge in [0, 0.05) is 24.7 Å². The van der Waals surface area contributed by atoms with Crippen LogP contribution < -0.4 is 0 Å². The average Bonchev–Trinajstić information content (AvgIpc) is 2.75. The summed E-state index contributed by atoms with van der Waals surface area (Å²) in [4.78, 5) is 5.19. The van der Waals surface area contributed by atoms with Gasteiger partial charge in [-0.05, 0) is 62.5 Å². The summed E-state index contributed by atoms with van der Waals surface area (Å²) in [5.74, 6) is 0. The molecule has 116 valence electrons. The molecule has 0 aromatic heterocycles. The van der Waals surface area contributed by atoms with Gasteiger partial charge >= 0.3 is 0 Å². The summed E-state index contributed by atoms with van der Waals surface area (Å²) < 4.78 is 0. The molecule has 1 fully saturated rings. The number of likely N-dealkylation sites (tertiary alicyclic amines) is 1. The zero-order chi connectivity index (χ0) is 14.9. The zero-order valence-electron chi connectivity index (χ0n) is 13.6. The van der Waals surface area contributed by atoms with Crippen molar-refractivity contribution < 1.29 is 0 Å². The van der Waals surface area contributed by atoms with E-state index in [4.69, 9.17) is 0 Å². The lowest BCUT2D eigenvalue weighted by atomic mass is 9.96. The minimum absolute atomic E-state index is 0.733. The van der Waals surface area contributed by atoms with Crippen LogP contribution in [0.15, 0.2) is 47.7 Å². The van der Waals surface area contributed by atoms with Gasteiger partial charge < -0.3 is 9.80 Å². The molecule has 0 N–H and O–H groups in total. The van der Waals surface area contributed by atoms with E-state index in [1.165, 1.54) is 38.8 Å². The molecule has 2 heteroatoms. The Bertz CT molecular complexity index is 606. The van der Waals surface area contributed by atoms with E-state index in [1.807, 2.05) is 0 Å². The second-order valence-electron chi connectivity index (χ2n) is 7.01. The minimum atomic E-state index is 0.733. The maximum Gasteiger partial charge on any atom is 0.0363 e. The maximum absolute atomic E-state index is 2.73. The Morgan fingerprint density at radius 3 is 2.59 bits per heavy atom. The summed E-state index contributed by atoms with van der Waals surface area (Å²) in [7, 11) is 2.25. The van der Waals surface area contributed by atoms with E-state index in [1.54, 1.807) is 22.4 Å². The molecule has 0 unspecified atom stereocenters. The van der Waals surface area contributed by atoms with E-state index in [9.17, 15) is 0 Å². The van der Waals surface area contributed by atoms with Crippen LogP contribution in [0.25, 0.3) is 0 Å². The van der Waals surface area contributed by atoms with E-state index in [0.717, 1.165) is 19.0 Å². The molecule has 0 amide bonds. The van der Waals surface area contributed by atoms with Crippen molar-refractivity contribution in [3.05, 3.63) is 58.8 Å². The number of hydrogen-bond acceptors (Lipinski definition) is 2. The molecule has 1 aromatic rings. The summed E-state index contributed by atoms with van der Waals surface area (Å²) in [5, 5.41) is 0. The lowest BCUT2D eigenvalue weighted by molar-refractivity contribution is 0.155. The highest BCUT2D eigenvalue weighted by Gasteiger charge is 2.28. The third-order valence-electron chi connectivity index (χ3n) is 5.61. The molecule has 0 radical (unpaired) electrons. The number of piperidine rings is 1. The number of hydrogen-bond donors (Lipinski definition) is 0. The molecule has 0 saturated carbocycles. The molecule has 2 aliphatic heterocycles. The quantitative estimate of drug-likeness (QED) is 0.783. The number of fused-ring (bicyclic) bond motifs is 1. The van der Waals surface area contributed by atoms with Gasteiger partial charge in [-0.3, -0.25) is 0 Å². The predicted molar refractivity (Wildman–Crippen MR) is 91.9 cm³/mol. The molecule has 4 rings (SSSR count). The van der Waals surface area contributed by atoms with Crippen molar-refractivity contribution in [2.75, 3.05) is 26.7 Å². The molecule has 2 nitrogen and oxygen atoms in total. The Morgan fingerprint density at radius 1 is 1.00 bits per heavy atom. The first-order chi connectivity index (χ1) is 10.8. The van der Waals surface area contributed by atoms with Crippen molar-refractivity contribution in [1.29, 1.82) is 0 Å². The highest BCUT2D eigenvalue weighted by atomic mass is 15.2. The van der Waals surface area contributed by atoms with Gasteiger partial charge in [0.05, 0.1) is 0 Å². The number of benzene rings is 1. The van der Waals surface area contributed by atoms with Gasteiger partial charge in [-0.1, -0.05) is 36.4 Å². The normalized spacial score (nSPS) is 23.2. The van der Waals surface area contributed by atoms with Gasteiger partial charge in [-0.2, -0.15) is 0 Å². The minimum Gasteiger partial charge on any atom is -0.368 e. The van der Waals surface area contributed by atoms with Crippen molar-refractivity contribution in [2.24, 2.45) is 0 Å². The standard InChI is InChI=1S/C20H26N2/c1-21-13-10-19(11-14-21)22-12-4-7-17-9-8-16-5-2-3-6-18(16)15-20(17)22/h2-7,19H,8-15H2,1H3. The SMILES string of the molecule is CN1CCC(N2CC=CC3=C2Cc2ccccc2CC3)CC1. The van der Waals surface area contributed by atoms with Gasteiger partial charge in [0.2, 0.25) is 0 Å². The average molecular weight is 294 g/mol. The Labute approximate surface area is 134 Å². The van der Waals surface area contributed by atoms with Crippen molar-refractivity contribution in [1.82, 2.24) is 9.80 Å². The fourth-order valence-electron chi connectivity index (χ4n) is 4.24. The van der Waals surface area contributed by atoms with Crippen molar-refractivity contribution >= 4 is 0 Å². The van der Waals surface area contributed by atoms with Crippen LogP contribution in [-0.4, -0.2) is 42.5 Å².